The van der Waals surface area contributed by atoms with E-state index in [9.17, 15) is 0 Å². The lowest BCUT2D eigenvalue weighted by molar-refractivity contribution is 0.816. The SMILES string of the molecule is CCN(CC)c1nc(C)cc(NCc2ccccc2Cl)n1. The molecule has 0 spiro atoms. The molecule has 0 aliphatic rings. The fraction of sp³-hybridized carbons (Fsp3) is 0.375. The largest absolute Gasteiger partial charge is 0.366 e. The first kappa shape index (κ1) is 15.6. The maximum Gasteiger partial charge on any atom is 0.227 e. The third-order valence-electron chi connectivity index (χ3n) is 3.31. The molecule has 0 aliphatic carbocycles. The van der Waals surface area contributed by atoms with Gasteiger partial charge >= 0.3 is 0 Å². The second kappa shape index (κ2) is 7.27. The van der Waals surface area contributed by atoms with Gasteiger partial charge in [-0.3, -0.25) is 0 Å². The van der Waals surface area contributed by atoms with Crippen LogP contribution < -0.4 is 10.2 Å². The minimum absolute atomic E-state index is 0.647. The summed E-state index contributed by atoms with van der Waals surface area (Å²) in [6.45, 7) is 8.62. The highest BCUT2D eigenvalue weighted by Crippen LogP contribution is 2.18. The number of aromatic nitrogens is 2. The van der Waals surface area contributed by atoms with Gasteiger partial charge in [0.05, 0.1) is 0 Å². The van der Waals surface area contributed by atoms with E-state index in [1.165, 1.54) is 0 Å². The van der Waals surface area contributed by atoms with Crippen molar-refractivity contribution in [1.29, 1.82) is 0 Å². The van der Waals surface area contributed by atoms with Gasteiger partial charge in [0, 0.05) is 36.4 Å². The molecule has 0 unspecified atom stereocenters. The Hall–Kier alpha value is -1.81. The van der Waals surface area contributed by atoms with Crippen molar-refractivity contribution in [1.82, 2.24) is 9.97 Å². The molecule has 1 N–H and O–H groups in total. The Morgan fingerprint density at radius 2 is 1.86 bits per heavy atom. The summed E-state index contributed by atoms with van der Waals surface area (Å²) in [6.07, 6.45) is 0. The van der Waals surface area contributed by atoms with E-state index in [-0.39, 0.29) is 0 Å². The molecule has 2 rings (SSSR count). The quantitative estimate of drug-likeness (QED) is 0.879. The summed E-state index contributed by atoms with van der Waals surface area (Å²) in [5, 5.41) is 4.09. The first-order valence-corrected chi connectivity index (χ1v) is 7.59. The van der Waals surface area contributed by atoms with Crippen molar-refractivity contribution in [3.05, 3.63) is 46.6 Å². The summed E-state index contributed by atoms with van der Waals surface area (Å²) >= 11 is 6.17. The first-order valence-electron chi connectivity index (χ1n) is 7.22. The first-order chi connectivity index (χ1) is 10.1. The van der Waals surface area contributed by atoms with E-state index in [1.54, 1.807) is 0 Å². The number of hydrogen-bond acceptors (Lipinski definition) is 4. The summed E-state index contributed by atoms with van der Waals surface area (Å²) in [6, 6.07) is 9.76. The fourth-order valence-electron chi connectivity index (χ4n) is 2.12. The number of hydrogen-bond donors (Lipinski definition) is 1. The van der Waals surface area contributed by atoms with Gasteiger partial charge in [0.2, 0.25) is 5.95 Å². The third-order valence-corrected chi connectivity index (χ3v) is 3.68. The number of rotatable bonds is 6. The van der Waals surface area contributed by atoms with E-state index in [1.807, 2.05) is 37.3 Å². The van der Waals surface area contributed by atoms with Crippen LogP contribution in [0, 0.1) is 6.92 Å². The zero-order valence-corrected chi connectivity index (χ0v) is 13.5. The van der Waals surface area contributed by atoms with Crippen molar-refractivity contribution in [2.45, 2.75) is 27.3 Å². The molecule has 21 heavy (non-hydrogen) atoms. The molecule has 1 heterocycles. The second-order valence-electron chi connectivity index (χ2n) is 4.81. The Labute approximate surface area is 131 Å². The van der Waals surface area contributed by atoms with Crippen LogP contribution in [0.1, 0.15) is 25.1 Å². The minimum Gasteiger partial charge on any atom is -0.366 e. The van der Waals surface area contributed by atoms with Gasteiger partial charge in [-0.2, -0.15) is 4.98 Å². The molecule has 1 aromatic heterocycles. The van der Waals surface area contributed by atoms with Crippen LogP contribution in [-0.4, -0.2) is 23.1 Å². The van der Waals surface area contributed by atoms with Crippen molar-refractivity contribution in [2.24, 2.45) is 0 Å². The van der Waals surface area contributed by atoms with E-state index in [2.05, 4.69) is 34.0 Å². The van der Waals surface area contributed by atoms with Crippen LogP contribution in [0.5, 0.6) is 0 Å². The zero-order valence-electron chi connectivity index (χ0n) is 12.7. The van der Waals surface area contributed by atoms with Crippen molar-refractivity contribution in [2.75, 3.05) is 23.3 Å². The zero-order chi connectivity index (χ0) is 15.2. The highest BCUT2D eigenvalue weighted by atomic mass is 35.5. The predicted molar refractivity (Wildman–Crippen MR) is 89.1 cm³/mol. The lowest BCUT2D eigenvalue weighted by Crippen LogP contribution is -2.24. The van der Waals surface area contributed by atoms with E-state index >= 15 is 0 Å². The molecule has 4 nitrogen and oxygen atoms in total. The molecular formula is C16H21ClN4. The Morgan fingerprint density at radius 3 is 2.52 bits per heavy atom. The van der Waals surface area contributed by atoms with Gasteiger partial charge in [0.25, 0.3) is 0 Å². The van der Waals surface area contributed by atoms with Crippen molar-refractivity contribution in [3.8, 4) is 0 Å². The van der Waals surface area contributed by atoms with Crippen LogP contribution in [0.3, 0.4) is 0 Å². The molecule has 0 fully saturated rings. The highest BCUT2D eigenvalue weighted by molar-refractivity contribution is 6.31. The molecule has 0 saturated heterocycles. The van der Waals surface area contributed by atoms with E-state index in [0.29, 0.717) is 6.54 Å². The molecule has 0 saturated carbocycles. The van der Waals surface area contributed by atoms with Crippen LogP contribution in [-0.2, 0) is 6.54 Å². The molecule has 1 aromatic carbocycles. The van der Waals surface area contributed by atoms with Crippen LogP contribution in [0.25, 0.3) is 0 Å². The number of benzene rings is 1. The fourth-order valence-corrected chi connectivity index (χ4v) is 2.32. The third kappa shape index (κ3) is 4.08. The van der Waals surface area contributed by atoms with Crippen LogP contribution in [0.15, 0.2) is 30.3 Å². The van der Waals surface area contributed by atoms with Crippen molar-refractivity contribution >= 4 is 23.4 Å². The summed E-state index contributed by atoms with van der Waals surface area (Å²) < 4.78 is 0. The molecule has 2 aromatic rings. The highest BCUT2D eigenvalue weighted by Gasteiger charge is 2.08. The normalized spacial score (nSPS) is 10.5. The van der Waals surface area contributed by atoms with Gasteiger partial charge in [0.1, 0.15) is 5.82 Å². The van der Waals surface area contributed by atoms with Crippen LogP contribution in [0.2, 0.25) is 5.02 Å². The standard InChI is InChI=1S/C16H21ClN4/c1-4-21(5-2)16-19-12(3)10-15(20-16)18-11-13-8-6-7-9-14(13)17/h6-10H,4-5,11H2,1-3H3,(H,18,19,20). The van der Waals surface area contributed by atoms with E-state index < -0.39 is 0 Å². The molecule has 0 amide bonds. The Kier molecular flexibility index (Phi) is 5.39. The molecule has 0 atom stereocenters. The Morgan fingerprint density at radius 1 is 1.14 bits per heavy atom. The summed E-state index contributed by atoms with van der Waals surface area (Å²) in [7, 11) is 0. The van der Waals surface area contributed by atoms with E-state index in [0.717, 1.165) is 41.1 Å². The molecule has 5 heteroatoms. The maximum atomic E-state index is 6.17. The second-order valence-corrected chi connectivity index (χ2v) is 5.22. The maximum absolute atomic E-state index is 6.17. The van der Waals surface area contributed by atoms with Gasteiger partial charge in [-0.1, -0.05) is 29.8 Å². The summed E-state index contributed by atoms with van der Waals surface area (Å²) in [5.41, 5.74) is 2.01. The Bertz CT molecular complexity index is 597. The number of anilines is 2. The smallest absolute Gasteiger partial charge is 0.227 e. The average molecular weight is 305 g/mol. The van der Waals surface area contributed by atoms with Gasteiger partial charge in [0.15, 0.2) is 0 Å². The number of nitrogens with zero attached hydrogens (tertiary/aromatic N) is 3. The van der Waals surface area contributed by atoms with Crippen LogP contribution in [0.4, 0.5) is 11.8 Å². The summed E-state index contributed by atoms with van der Waals surface area (Å²) in [5.74, 6) is 1.59. The van der Waals surface area contributed by atoms with Crippen LogP contribution >= 0.6 is 11.6 Å². The minimum atomic E-state index is 0.647. The molecule has 0 bridgehead atoms. The topological polar surface area (TPSA) is 41.1 Å². The lowest BCUT2D eigenvalue weighted by atomic mass is 10.2. The van der Waals surface area contributed by atoms with Gasteiger partial charge in [-0.25, -0.2) is 4.98 Å². The number of halogens is 1. The van der Waals surface area contributed by atoms with Gasteiger partial charge in [-0.15, -0.1) is 0 Å². The van der Waals surface area contributed by atoms with Crippen molar-refractivity contribution in [3.63, 3.8) is 0 Å². The lowest BCUT2D eigenvalue weighted by Gasteiger charge is -2.19. The summed E-state index contributed by atoms with van der Waals surface area (Å²) in [4.78, 5) is 11.2. The number of nitrogens with one attached hydrogen (secondary N) is 1. The predicted octanol–water partition coefficient (Wildman–Crippen LogP) is 3.90. The van der Waals surface area contributed by atoms with Crippen molar-refractivity contribution < 1.29 is 0 Å². The average Bonchev–Trinajstić information content (AvgIpc) is 2.47. The van der Waals surface area contributed by atoms with Gasteiger partial charge in [-0.05, 0) is 32.4 Å². The van der Waals surface area contributed by atoms with Gasteiger partial charge < -0.3 is 10.2 Å². The number of aryl methyl sites for hydroxylation is 1. The molecule has 0 radical (unpaired) electrons. The van der Waals surface area contributed by atoms with E-state index in [4.69, 9.17) is 11.6 Å². The molecule has 112 valence electrons. The Balaban J connectivity index is 2.15. The monoisotopic (exact) mass is 304 g/mol. The molecule has 0 aliphatic heterocycles. The molecular weight excluding hydrogens is 284 g/mol.